The fraction of sp³-hybridized carbons (Fsp3) is 0. The van der Waals surface area contributed by atoms with Crippen LogP contribution >= 0.6 is 61.3 Å². The molecule has 0 atom stereocenters. The molecule has 0 fully saturated rings. The van der Waals surface area contributed by atoms with Crippen LogP contribution in [0, 0.1) is 0 Å². The second kappa shape index (κ2) is 8.72. The molecule has 2 rings (SSSR count). The summed E-state index contributed by atoms with van der Waals surface area (Å²) in [4.78, 5) is 0. The minimum Gasteiger partial charge on any atom is -0.131 e. The first-order valence-corrected chi connectivity index (χ1v) is 7.37. The van der Waals surface area contributed by atoms with Crippen molar-refractivity contribution in [3.8, 4) is 0 Å². The van der Waals surface area contributed by atoms with Gasteiger partial charge in [-0.05, 0) is 23.3 Å². The largest absolute Gasteiger partial charge is 0.131 e. The molecule has 0 radical (unpaired) electrons. The van der Waals surface area contributed by atoms with E-state index in [2.05, 4.69) is 25.3 Å². The molecule has 0 aliphatic carbocycles. The Hall–Kier alpha value is -0.390. The quantitative estimate of drug-likeness (QED) is 0.566. The second-order valence-electron chi connectivity index (χ2n) is 3.48. The Morgan fingerprint density at radius 1 is 0.737 bits per heavy atom. The Morgan fingerprint density at radius 3 is 1.53 bits per heavy atom. The molecule has 0 heterocycles. The maximum atomic E-state index is 5.65. The van der Waals surface area contributed by atoms with Crippen LogP contribution in [0.15, 0.2) is 54.6 Å². The van der Waals surface area contributed by atoms with Gasteiger partial charge in [0.1, 0.15) is 0 Å². The third kappa shape index (κ3) is 6.54. The fourth-order valence-electron chi connectivity index (χ4n) is 1.17. The molecule has 0 bridgehead atoms. The van der Waals surface area contributed by atoms with E-state index >= 15 is 0 Å². The van der Waals surface area contributed by atoms with Crippen molar-refractivity contribution >= 4 is 69.7 Å². The molecule has 5 heteroatoms. The third-order valence-corrected chi connectivity index (χ3v) is 3.35. The molecular weight excluding hydrogens is 332 g/mol. The standard InChI is InChI=1S/C7H5ClS2.C7H6S2/c8-6-3-1-5(2-4-6)7(9)10;8-7(9)6-4-2-1-3-5-6/h1-4H,(H,9,10);1-5H,(H,8,9). The van der Waals surface area contributed by atoms with E-state index < -0.39 is 0 Å². The normalized spacial score (nSPS) is 9.21. The SMILES string of the molecule is S=C(S)c1ccc(Cl)cc1.S=C(S)c1ccccc1. The highest BCUT2D eigenvalue weighted by atomic mass is 35.5. The first-order valence-electron chi connectivity index (χ1n) is 5.28. The van der Waals surface area contributed by atoms with Gasteiger partial charge in [-0.2, -0.15) is 0 Å². The summed E-state index contributed by atoms with van der Waals surface area (Å²) in [5.41, 5.74) is 1.94. The van der Waals surface area contributed by atoms with Crippen LogP contribution in [0.3, 0.4) is 0 Å². The van der Waals surface area contributed by atoms with E-state index in [1.807, 2.05) is 42.5 Å². The van der Waals surface area contributed by atoms with E-state index in [1.165, 1.54) is 0 Å². The van der Waals surface area contributed by atoms with Crippen molar-refractivity contribution in [1.29, 1.82) is 0 Å². The van der Waals surface area contributed by atoms with Gasteiger partial charge in [0.25, 0.3) is 0 Å². The van der Waals surface area contributed by atoms with Gasteiger partial charge >= 0.3 is 0 Å². The van der Waals surface area contributed by atoms with Crippen LogP contribution in [-0.4, -0.2) is 8.39 Å². The van der Waals surface area contributed by atoms with Crippen molar-refractivity contribution in [1.82, 2.24) is 0 Å². The van der Waals surface area contributed by atoms with Crippen LogP contribution in [0.1, 0.15) is 11.1 Å². The number of halogens is 1. The summed E-state index contributed by atoms with van der Waals surface area (Å²) in [6.07, 6.45) is 0. The fourth-order valence-corrected chi connectivity index (χ4v) is 1.87. The topological polar surface area (TPSA) is 0 Å². The molecule has 2 aromatic rings. The number of rotatable bonds is 2. The van der Waals surface area contributed by atoms with Gasteiger partial charge in [0.2, 0.25) is 0 Å². The summed E-state index contributed by atoms with van der Waals surface area (Å²) in [5, 5.41) is 0.716. The molecule has 0 aliphatic rings. The number of thiol groups is 2. The molecule has 0 saturated carbocycles. The van der Waals surface area contributed by atoms with E-state index in [9.17, 15) is 0 Å². The monoisotopic (exact) mass is 342 g/mol. The predicted molar refractivity (Wildman–Crippen MR) is 99.3 cm³/mol. The lowest BCUT2D eigenvalue weighted by Gasteiger charge is -1.94. The summed E-state index contributed by atoms with van der Waals surface area (Å²) in [7, 11) is 0. The van der Waals surface area contributed by atoms with Gasteiger partial charge in [-0.1, -0.05) is 78.5 Å². The molecule has 0 N–H and O–H groups in total. The van der Waals surface area contributed by atoms with Crippen LogP contribution in [0.25, 0.3) is 0 Å². The van der Waals surface area contributed by atoms with Crippen molar-refractivity contribution in [2.24, 2.45) is 0 Å². The van der Waals surface area contributed by atoms with Gasteiger partial charge in [0.15, 0.2) is 0 Å². The van der Waals surface area contributed by atoms with E-state index in [0.29, 0.717) is 13.4 Å². The summed E-state index contributed by atoms with van der Waals surface area (Å²) in [6.45, 7) is 0. The van der Waals surface area contributed by atoms with Gasteiger partial charge in [-0.3, -0.25) is 0 Å². The Morgan fingerprint density at radius 2 is 1.16 bits per heavy atom. The number of hydrogen-bond acceptors (Lipinski definition) is 2. The van der Waals surface area contributed by atoms with Gasteiger partial charge in [-0.25, -0.2) is 0 Å². The molecule has 0 aromatic heterocycles. The highest BCUT2D eigenvalue weighted by Crippen LogP contribution is 2.11. The summed E-state index contributed by atoms with van der Waals surface area (Å²) >= 11 is 23.3. The first-order chi connectivity index (χ1) is 9.00. The second-order valence-corrected chi connectivity index (χ2v) is 6.24. The predicted octanol–water partition coefficient (Wildman–Crippen LogP) is 5.24. The Kier molecular flexibility index (Phi) is 7.64. The molecule has 0 spiro atoms. The van der Waals surface area contributed by atoms with E-state index in [0.717, 1.165) is 11.1 Å². The highest BCUT2D eigenvalue weighted by molar-refractivity contribution is 8.12. The van der Waals surface area contributed by atoms with Gasteiger partial charge in [0, 0.05) is 5.02 Å². The van der Waals surface area contributed by atoms with Crippen LogP contribution in [0.4, 0.5) is 0 Å². The van der Waals surface area contributed by atoms with Crippen molar-refractivity contribution < 1.29 is 0 Å². The smallest absolute Gasteiger partial charge is 0.0747 e. The Balaban J connectivity index is 0.000000191. The number of benzene rings is 2. The van der Waals surface area contributed by atoms with Crippen LogP contribution in [0.2, 0.25) is 5.02 Å². The maximum Gasteiger partial charge on any atom is 0.0747 e. The van der Waals surface area contributed by atoms with Crippen molar-refractivity contribution in [2.45, 2.75) is 0 Å². The molecule has 0 nitrogen and oxygen atoms in total. The van der Waals surface area contributed by atoms with Crippen molar-refractivity contribution in [3.05, 3.63) is 70.7 Å². The van der Waals surface area contributed by atoms with Crippen LogP contribution in [-0.2, 0) is 0 Å². The average Bonchev–Trinajstić information content (AvgIpc) is 2.41. The lowest BCUT2D eigenvalue weighted by molar-refractivity contribution is 1.68. The zero-order valence-electron chi connectivity index (χ0n) is 9.79. The molecule has 0 aliphatic heterocycles. The molecule has 19 heavy (non-hydrogen) atoms. The zero-order chi connectivity index (χ0) is 14.3. The summed E-state index contributed by atoms with van der Waals surface area (Å²) in [5.74, 6) is 0. The molecule has 0 saturated heterocycles. The van der Waals surface area contributed by atoms with E-state index in [-0.39, 0.29) is 0 Å². The van der Waals surface area contributed by atoms with Gasteiger partial charge < -0.3 is 0 Å². The first kappa shape index (κ1) is 16.7. The zero-order valence-corrected chi connectivity index (χ0v) is 14.0. The average molecular weight is 343 g/mol. The molecule has 0 unspecified atom stereocenters. The number of thiocarbonyl (C=S) groups is 2. The lowest BCUT2D eigenvalue weighted by Crippen LogP contribution is -1.84. The molecule has 2 aromatic carbocycles. The minimum atomic E-state index is 0.594. The number of hydrogen-bond donors (Lipinski definition) is 2. The molecular formula is C14H11ClS4. The van der Waals surface area contributed by atoms with Crippen LogP contribution < -0.4 is 0 Å². The Bertz CT molecular complexity index is 549. The van der Waals surface area contributed by atoms with Crippen LogP contribution in [0.5, 0.6) is 0 Å². The van der Waals surface area contributed by atoms with Gasteiger partial charge in [0.05, 0.1) is 8.39 Å². The maximum absolute atomic E-state index is 5.65. The van der Waals surface area contributed by atoms with Gasteiger partial charge in [-0.15, -0.1) is 25.3 Å². The lowest BCUT2D eigenvalue weighted by atomic mass is 10.2. The third-order valence-electron chi connectivity index (χ3n) is 2.11. The minimum absolute atomic E-state index is 0.594. The highest BCUT2D eigenvalue weighted by Gasteiger charge is 1.93. The molecule has 98 valence electrons. The van der Waals surface area contributed by atoms with E-state index in [1.54, 1.807) is 12.1 Å². The van der Waals surface area contributed by atoms with Crippen molar-refractivity contribution in [2.75, 3.05) is 0 Å². The van der Waals surface area contributed by atoms with E-state index in [4.69, 9.17) is 36.0 Å². The summed E-state index contributed by atoms with van der Waals surface area (Å²) < 4.78 is 1.24. The van der Waals surface area contributed by atoms with Crippen molar-refractivity contribution in [3.63, 3.8) is 0 Å². The molecule has 0 amide bonds. The Labute approximate surface area is 140 Å². The summed E-state index contributed by atoms with van der Waals surface area (Å²) in [6, 6.07) is 17.0.